The summed E-state index contributed by atoms with van der Waals surface area (Å²) < 4.78 is 1.62. The number of nitrogens with zero attached hydrogens (tertiary/aromatic N) is 2. The van der Waals surface area contributed by atoms with Crippen LogP contribution in [0.5, 0.6) is 0 Å². The van der Waals surface area contributed by atoms with Crippen molar-refractivity contribution in [1.29, 1.82) is 0 Å². The van der Waals surface area contributed by atoms with Crippen LogP contribution in [0.25, 0.3) is 0 Å². The Morgan fingerprint density at radius 1 is 1.73 bits per heavy atom. The van der Waals surface area contributed by atoms with Gasteiger partial charge in [-0.3, -0.25) is 9.48 Å². The van der Waals surface area contributed by atoms with Crippen LogP contribution in [0.15, 0.2) is 6.20 Å². The van der Waals surface area contributed by atoms with Gasteiger partial charge in [-0.2, -0.15) is 5.10 Å². The third-order valence-corrected chi connectivity index (χ3v) is 2.04. The second-order valence-electron chi connectivity index (χ2n) is 3.58. The van der Waals surface area contributed by atoms with Crippen LogP contribution in [0, 0.1) is 0 Å². The highest BCUT2D eigenvalue weighted by atomic mass is 16.3. The van der Waals surface area contributed by atoms with Gasteiger partial charge in [-0.15, -0.1) is 0 Å². The molecule has 0 aromatic carbocycles. The molecule has 1 aromatic heterocycles. The Kier molecular flexibility index (Phi) is 3.85. The van der Waals surface area contributed by atoms with Gasteiger partial charge in [-0.1, -0.05) is 6.92 Å². The molecule has 1 rings (SSSR count). The third-order valence-electron chi connectivity index (χ3n) is 2.04. The Morgan fingerprint density at radius 2 is 2.40 bits per heavy atom. The lowest BCUT2D eigenvalue weighted by molar-refractivity contribution is 0.0923. The average Bonchev–Trinajstić information content (AvgIpc) is 2.56. The zero-order valence-electron chi connectivity index (χ0n) is 9.32. The van der Waals surface area contributed by atoms with Gasteiger partial charge in [0.05, 0.1) is 17.4 Å². The summed E-state index contributed by atoms with van der Waals surface area (Å²) in [6.07, 6.45) is 1.88. The third kappa shape index (κ3) is 3.06. The van der Waals surface area contributed by atoms with E-state index in [1.165, 1.54) is 0 Å². The summed E-state index contributed by atoms with van der Waals surface area (Å²) in [5.74, 6) is -0.180. The normalized spacial score (nSPS) is 12.5. The Labute approximate surface area is 89.1 Å². The van der Waals surface area contributed by atoms with Crippen molar-refractivity contribution < 1.29 is 9.90 Å². The molecule has 1 aromatic rings. The van der Waals surface area contributed by atoms with Crippen molar-refractivity contribution in [3.63, 3.8) is 0 Å². The minimum atomic E-state index is -0.532. The first-order valence-corrected chi connectivity index (χ1v) is 5.03. The van der Waals surface area contributed by atoms with E-state index < -0.39 is 6.10 Å². The van der Waals surface area contributed by atoms with Gasteiger partial charge in [0.15, 0.2) is 0 Å². The fourth-order valence-electron chi connectivity index (χ4n) is 1.32. The van der Waals surface area contributed by atoms with E-state index in [4.69, 9.17) is 5.11 Å². The zero-order chi connectivity index (χ0) is 11.4. The first-order chi connectivity index (χ1) is 7.04. The van der Waals surface area contributed by atoms with E-state index in [1.54, 1.807) is 24.9 Å². The molecule has 1 atom stereocenters. The highest BCUT2D eigenvalue weighted by Gasteiger charge is 2.13. The molecule has 0 radical (unpaired) electrons. The molecule has 0 bridgehead atoms. The summed E-state index contributed by atoms with van der Waals surface area (Å²) in [5.41, 5.74) is 1.36. The molecular weight excluding hydrogens is 194 g/mol. The Balaban J connectivity index is 2.72. The maximum atomic E-state index is 11.7. The van der Waals surface area contributed by atoms with Crippen molar-refractivity contribution in [2.75, 3.05) is 6.54 Å². The average molecular weight is 211 g/mol. The fraction of sp³-hybridized carbons (Fsp3) is 0.600. The smallest absolute Gasteiger partial charge is 0.254 e. The number of aliphatic hydroxyl groups is 1. The summed E-state index contributed by atoms with van der Waals surface area (Å²) in [7, 11) is 1.78. The maximum Gasteiger partial charge on any atom is 0.254 e. The molecule has 0 unspecified atom stereocenters. The van der Waals surface area contributed by atoms with Crippen molar-refractivity contribution >= 4 is 5.91 Å². The molecule has 0 aliphatic heterocycles. The summed E-state index contributed by atoms with van der Waals surface area (Å²) in [5, 5.41) is 15.9. The number of aromatic nitrogens is 2. The quantitative estimate of drug-likeness (QED) is 0.742. The summed E-state index contributed by atoms with van der Waals surface area (Å²) >= 11 is 0. The van der Waals surface area contributed by atoms with Gasteiger partial charge in [-0.05, 0) is 13.3 Å². The number of carbonyl (C=O) groups is 1. The predicted molar refractivity (Wildman–Crippen MR) is 56.6 cm³/mol. The lowest BCUT2D eigenvalue weighted by atomic mass is 10.2. The van der Waals surface area contributed by atoms with Crippen LogP contribution in [-0.2, 0) is 13.5 Å². The number of hydrogen-bond acceptors (Lipinski definition) is 3. The molecule has 15 heavy (non-hydrogen) atoms. The molecule has 1 heterocycles. The molecule has 0 aliphatic carbocycles. The topological polar surface area (TPSA) is 67.2 Å². The predicted octanol–water partition coefficient (Wildman–Crippen LogP) is 0.0931. The molecule has 1 amide bonds. The van der Waals surface area contributed by atoms with Crippen molar-refractivity contribution in [1.82, 2.24) is 15.1 Å². The summed E-state index contributed by atoms with van der Waals surface area (Å²) in [6.45, 7) is 3.84. The molecule has 84 valence electrons. The maximum absolute atomic E-state index is 11.7. The summed E-state index contributed by atoms with van der Waals surface area (Å²) in [4.78, 5) is 11.7. The van der Waals surface area contributed by atoms with Crippen molar-refractivity contribution in [2.45, 2.75) is 26.4 Å². The number of carbonyl (C=O) groups excluding carboxylic acids is 1. The second kappa shape index (κ2) is 4.93. The highest BCUT2D eigenvalue weighted by Crippen LogP contribution is 2.06. The molecule has 0 spiro atoms. The highest BCUT2D eigenvalue weighted by molar-refractivity contribution is 5.95. The minimum absolute atomic E-state index is 0.180. The number of aryl methyl sites for hydroxylation is 2. The van der Waals surface area contributed by atoms with Gasteiger partial charge in [-0.25, -0.2) is 0 Å². The van der Waals surface area contributed by atoms with Crippen LogP contribution < -0.4 is 5.32 Å². The Bertz CT molecular complexity index is 344. The monoisotopic (exact) mass is 211 g/mol. The second-order valence-corrected chi connectivity index (χ2v) is 3.58. The lowest BCUT2D eigenvalue weighted by Crippen LogP contribution is -2.30. The number of hydrogen-bond donors (Lipinski definition) is 2. The number of amides is 1. The number of aliphatic hydroxyl groups excluding tert-OH is 1. The SMILES string of the molecule is CCc1nn(C)cc1C(=O)NC[C@@H](C)O. The first-order valence-electron chi connectivity index (χ1n) is 5.03. The van der Waals surface area contributed by atoms with Gasteiger partial charge in [0.1, 0.15) is 0 Å². The van der Waals surface area contributed by atoms with Crippen molar-refractivity contribution in [2.24, 2.45) is 7.05 Å². The lowest BCUT2D eigenvalue weighted by Gasteiger charge is -2.06. The molecule has 2 N–H and O–H groups in total. The van der Waals surface area contributed by atoms with Crippen LogP contribution in [0.1, 0.15) is 29.9 Å². The largest absolute Gasteiger partial charge is 0.392 e. The molecule has 5 nitrogen and oxygen atoms in total. The summed E-state index contributed by atoms with van der Waals surface area (Å²) in [6, 6.07) is 0. The molecule has 0 aliphatic rings. The van der Waals surface area contributed by atoms with Crippen LogP contribution >= 0.6 is 0 Å². The van der Waals surface area contributed by atoms with E-state index in [0.29, 0.717) is 5.56 Å². The molecule has 5 heteroatoms. The minimum Gasteiger partial charge on any atom is -0.392 e. The van der Waals surface area contributed by atoms with Gasteiger partial charge >= 0.3 is 0 Å². The van der Waals surface area contributed by atoms with Crippen LogP contribution in [-0.4, -0.2) is 33.4 Å². The Hall–Kier alpha value is -1.36. The standard InChI is InChI=1S/C10H17N3O2/c1-4-9-8(6-13(3)12-9)10(15)11-5-7(2)14/h6-7,14H,4-5H2,1-3H3,(H,11,15)/t7-/m1/s1. The van der Waals surface area contributed by atoms with E-state index >= 15 is 0 Å². The van der Waals surface area contributed by atoms with Gasteiger partial charge in [0.25, 0.3) is 5.91 Å². The zero-order valence-corrected chi connectivity index (χ0v) is 9.32. The molecule has 0 saturated heterocycles. The van der Waals surface area contributed by atoms with Gasteiger partial charge in [0.2, 0.25) is 0 Å². The molecule has 0 fully saturated rings. The van der Waals surface area contributed by atoms with Crippen molar-refractivity contribution in [3.8, 4) is 0 Å². The van der Waals surface area contributed by atoms with E-state index in [-0.39, 0.29) is 12.5 Å². The Morgan fingerprint density at radius 3 is 2.93 bits per heavy atom. The fourth-order valence-corrected chi connectivity index (χ4v) is 1.32. The van der Waals surface area contributed by atoms with E-state index in [2.05, 4.69) is 10.4 Å². The van der Waals surface area contributed by atoms with Gasteiger partial charge < -0.3 is 10.4 Å². The first kappa shape index (κ1) is 11.7. The van der Waals surface area contributed by atoms with Crippen molar-refractivity contribution in [3.05, 3.63) is 17.5 Å². The van der Waals surface area contributed by atoms with E-state index in [0.717, 1.165) is 12.1 Å². The molecule has 0 saturated carbocycles. The van der Waals surface area contributed by atoms with E-state index in [1.807, 2.05) is 6.92 Å². The van der Waals surface area contributed by atoms with Crippen LogP contribution in [0.3, 0.4) is 0 Å². The van der Waals surface area contributed by atoms with Crippen LogP contribution in [0.4, 0.5) is 0 Å². The number of rotatable bonds is 4. The molecular formula is C10H17N3O2. The van der Waals surface area contributed by atoms with Gasteiger partial charge in [0, 0.05) is 19.8 Å². The number of nitrogens with one attached hydrogen (secondary N) is 1. The van der Waals surface area contributed by atoms with E-state index in [9.17, 15) is 4.79 Å². The van der Waals surface area contributed by atoms with Crippen LogP contribution in [0.2, 0.25) is 0 Å².